The van der Waals surface area contributed by atoms with Crippen LogP contribution >= 0.6 is 0 Å². The van der Waals surface area contributed by atoms with Crippen molar-refractivity contribution < 1.29 is 14.3 Å². The van der Waals surface area contributed by atoms with Gasteiger partial charge in [0.2, 0.25) is 5.91 Å². The largest absolute Gasteiger partial charge is 0.450 e. The minimum Gasteiger partial charge on any atom is -0.450 e. The molecule has 7 heteroatoms. The minimum absolute atomic E-state index is 0.0517. The number of hydrazone groups is 1. The number of anilines is 1. The van der Waals surface area contributed by atoms with Crippen LogP contribution in [0.2, 0.25) is 0 Å². The van der Waals surface area contributed by atoms with Crippen molar-refractivity contribution in [2.24, 2.45) is 11.0 Å². The molecule has 2 unspecified atom stereocenters. The first-order valence-electron chi connectivity index (χ1n) is 9.14. The summed E-state index contributed by atoms with van der Waals surface area (Å²) < 4.78 is 5.11. The summed E-state index contributed by atoms with van der Waals surface area (Å²) in [6, 6.07) is 7.73. The van der Waals surface area contributed by atoms with Crippen molar-refractivity contribution >= 4 is 23.4 Å². The number of benzene rings is 1. The summed E-state index contributed by atoms with van der Waals surface area (Å²) in [5.41, 5.74) is 5.28. The first-order chi connectivity index (χ1) is 12.5. The second-order valence-corrected chi connectivity index (χ2v) is 6.60. The zero-order valence-electron chi connectivity index (χ0n) is 15.7. The quantitative estimate of drug-likeness (QED) is 0.622. The average molecular weight is 360 g/mol. The van der Waals surface area contributed by atoms with Crippen LogP contribution in [0.25, 0.3) is 0 Å². The third-order valence-electron chi connectivity index (χ3n) is 4.16. The number of para-hydroxylation sites is 1. The molecule has 1 heterocycles. The van der Waals surface area contributed by atoms with E-state index in [4.69, 9.17) is 4.74 Å². The standard InChI is InChI=1S/C19H28N4O3/c1-4-5-10-26-19(25)21-14(3)12-20-16-9-7-6-8-15(16)18-13(2)11-17(24)22-23-18/h6-9,13-14,20H,4-5,10-12H2,1-3H3,(H,21,25)(H,22,24). The van der Waals surface area contributed by atoms with Crippen molar-refractivity contribution in [2.75, 3.05) is 18.5 Å². The SMILES string of the molecule is CCCCOC(=O)NC(C)CNc1ccccc1C1=NNC(=O)CC1C. The molecule has 2 atom stereocenters. The van der Waals surface area contributed by atoms with E-state index in [0.29, 0.717) is 19.6 Å². The molecule has 0 fully saturated rings. The highest BCUT2D eigenvalue weighted by molar-refractivity contribution is 6.09. The van der Waals surface area contributed by atoms with E-state index in [0.717, 1.165) is 29.8 Å². The molecule has 0 spiro atoms. The maximum absolute atomic E-state index is 11.7. The molecule has 0 aromatic heterocycles. The number of ether oxygens (including phenoxy) is 1. The molecule has 0 saturated heterocycles. The highest BCUT2D eigenvalue weighted by Crippen LogP contribution is 2.23. The van der Waals surface area contributed by atoms with Crippen LogP contribution in [-0.4, -0.2) is 36.9 Å². The van der Waals surface area contributed by atoms with Crippen molar-refractivity contribution in [3.05, 3.63) is 29.8 Å². The first kappa shape index (κ1) is 19.8. The summed E-state index contributed by atoms with van der Waals surface area (Å²) in [6.07, 6.45) is 1.89. The van der Waals surface area contributed by atoms with Gasteiger partial charge in [0, 0.05) is 36.2 Å². The lowest BCUT2D eigenvalue weighted by atomic mass is 9.93. The van der Waals surface area contributed by atoms with Gasteiger partial charge in [-0.05, 0) is 19.4 Å². The zero-order chi connectivity index (χ0) is 18.9. The van der Waals surface area contributed by atoms with Gasteiger partial charge in [-0.25, -0.2) is 10.2 Å². The summed E-state index contributed by atoms with van der Waals surface area (Å²) in [6.45, 7) is 6.94. The molecule has 26 heavy (non-hydrogen) atoms. The molecule has 3 N–H and O–H groups in total. The van der Waals surface area contributed by atoms with E-state index in [1.807, 2.05) is 45.0 Å². The number of amides is 2. The van der Waals surface area contributed by atoms with Crippen LogP contribution in [0.5, 0.6) is 0 Å². The lowest BCUT2D eigenvalue weighted by Gasteiger charge is -2.22. The van der Waals surface area contributed by atoms with Crippen molar-refractivity contribution in [2.45, 2.75) is 46.1 Å². The maximum atomic E-state index is 11.7. The van der Waals surface area contributed by atoms with Crippen molar-refractivity contribution in [3.63, 3.8) is 0 Å². The number of carbonyl (C=O) groups is 2. The lowest BCUT2D eigenvalue weighted by Crippen LogP contribution is -2.38. The van der Waals surface area contributed by atoms with Crippen LogP contribution in [0.15, 0.2) is 29.4 Å². The summed E-state index contributed by atoms with van der Waals surface area (Å²) in [5, 5.41) is 10.4. The van der Waals surface area contributed by atoms with Gasteiger partial charge < -0.3 is 15.4 Å². The van der Waals surface area contributed by atoms with Gasteiger partial charge in [-0.1, -0.05) is 38.5 Å². The van der Waals surface area contributed by atoms with E-state index in [-0.39, 0.29) is 17.9 Å². The average Bonchev–Trinajstić information content (AvgIpc) is 2.61. The Kier molecular flexibility index (Phi) is 7.44. The fourth-order valence-electron chi connectivity index (χ4n) is 2.71. The summed E-state index contributed by atoms with van der Waals surface area (Å²) >= 11 is 0. The summed E-state index contributed by atoms with van der Waals surface area (Å²) in [4.78, 5) is 23.2. The second-order valence-electron chi connectivity index (χ2n) is 6.60. The second kappa shape index (κ2) is 9.79. The van der Waals surface area contributed by atoms with Crippen LogP contribution in [0.1, 0.15) is 45.6 Å². The third-order valence-corrected chi connectivity index (χ3v) is 4.16. The third kappa shape index (κ3) is 5.75. The first-order valence-corrected chi connectivity index (χ1v) is 9.14. The Labute approximate surface area is 154 Å². The fraction of sp³-hybridized carbons (Fsp3) is 0.526. The molecule has 2 amide bonds. The van der Waals surface area contributed by atoms with E-state index in [9.17, 15) is 9.59 Å². The van der Waals surface area contributed by atoms with Gasteiger partial charge in [-0.2, -0.15) is 5.10 Å². The van der Waals surface area contributed by atoms with Crippen LogP contribution in [0.4, 0.5) is 10.5 Å². The molecule has 1 aliphatic heterocycles. The van der Waals surface area contributed by atoms with E-state index in [1.165, 1.54) is 0 Å². The number of alkyl carbamates (subject to hydrolysis) is 1. The predicted molar refractivity (Wildman–Crippen MR) is 102 cm³/mol. The smallest absolute Gasteiger partial charge is 0.407 e. The van der Waals surface area contributed by atoms with Crippen LogP contribution in [0.3, 0.4) is 0 Å². The molecule has 1 aliphatic rings. The van der Waals surface area contributed by atoms with Gasteiger partial charge in [-0.15, -0.1) is 0 Å². The molecular formula is C19H28N4O3. The Bertz CT molecular complexity index is 660. The molecule has 0 radical (unpaired) electrons. The number of nitrogens with one attached hydrogen (secondary N) is 3. The summed E-state index contributed by atoms with van der Waals surface area (Å²) in [7, 11) is 0. The highest BCUT2D eigenvalue weighted by atomic mass is 16.5. The predicted octanol–water partition coefficient (Wildman–Crippen LogP) is 2.87. The normalized spacial score (nSPS) is 17.7. The number of nitrogens with zero attached hydrogens (tertiary/aromatic N) is 1. The van der Waals surface area contributed by atoms with Crippen LogP contribution < -0.4 is 16.1 Å². The molecule has 0 aliphatic carbocycles. The minimum atomic E-state index is -0.394. The lowest BCUT2D eigenvalue weighted by molar-refractivity contribution is -0.121. The monoisotopic (exact) mass is 360 g/mol. The molecule has 1 aromatic rings. The molecule has 2 rings (SSSR count). The molecule has 0 bridgehead atoms. The fourth-order valence-corrected chi connectivity index (χ4v) is 2.71. The topological polar surface area (TPSA) is 91.8 Å². The molecule has 142 valence electrons. The number of rotatable bonds is 8. The molecular weight excluding hydrogens is 332 g/mol. The van der Waals surface area contributed by atoms with Gasteiger partial charge in [-0.3, -0.25) is 4.79 Å². The molecule has 0 saturated carbocycles. The van der Waals surface area contributed by atoms with Crippen LogP contribution in [0, 0.1) is 5.92 Å². The Morgan fingerprint density at radius 3 is 2.92 bits per heavy atom. The van der Waals surface area contributed by atoms with Gasteiger partial charge in [0.05, 0.1) is 12.3 Å². The Morgan fingerprint density at radius 2 is 2.19 bits per heavy atom. The van der Waals surface area contributed by atoms with Gasteiger partial charge >= 0.3 is 6.09 Å². The van der Waals surface area contributed by atoms with Crippen LogP contribution in [-0.2, 0) is 9.53 Å². The molecule has 7 nitrogen and oxygen atoms in total. The zero-order valence-corrected chi connectivity index (χ0v) is 15.7. The van der Waals surface area contributed by atoms with E-state index < -0.39 is 6.09 Å². The highest BCUT2D eigenvalue weighted by Gasteiger charge is 2.23. The van der Waals surface area contributed by atoms with Crippen molar-refractivity contribution in [1.29, 1.82) is 0 Å². The molecule has 1 aromatic carbocycles. The van der Waals surface area contributed by atoms with Crippen molar-refractivity contribution in [1.82, 2.24) is 10.7 Å². The summed E-state index contributed by atoms with van der Waals surface area (Å²) in [5.74, 6) is -0.0121. The number of hydrogen-bond donors (Lipinski definition) is 3. The van der Waals surface area contributed by atoms with E-state index >= 15 is 0 Å². The van der Waals surface area contributed by atoms with Gasteiger partial charge in [0.1, 0.15) is 0 Å². The van der Waals surface area contributed by atoms with Crippen molar-refractivity contribution in [3.8, 4) is 0 Å². The number of carbonyl (C=O) groups excluding carboxylic acids is 2. The Balaban J connectivity index is 1.94. The maximum Gasteiger partial charge on any atom is 0.407 e. The number of hydrogen-bond acceptors (Lipinski definition) is 5. The number of unbranched alkanes of at least 4 members (excludes halogenated alkanes) is 1. The van der Waals surface area contributed by atoms with E-state index in [1.54, 1.807) is 0 Å². The van der Waals surface area contributed by atoms with E-state index in [2.05, 4.69) is 21.2 Å². The van der Waals surface area contributed by atoms with Gasteiger partial charge in [0.25, 0.3) is 0 Å². The van der Waals surface area contributed by atoms with Gasteiger partial charge in [0.15, 0.2) is 0 Å². The Morgan fingerprint density at radius 1 is 1.42 bits per heavy atom. The Hall–Kier alpha value is -2.57.